The lowest BCUT2D eigenvalue weighted by molar-refractivity contribution is -0.137. The van der Waals surface area contributed by atoms with Crippen LogP contribution in [-0.2, 0) is 19.1 Å². The molecule has 0 aliphatic carbocycles. The molecule has 5 heterocycles. The zero-order chi connectivity index (χ0) is 28.0. The van der Waals surface area contributed by atoms with Crippen LogP contribution in [0.4, 0.5) is 18.9 Å². The van der Waals surface area contributed by atoms with Gasteiger partial charge in [-0.05, 0) is 66.9 Å². The monoisotopic (exact) mass is 565 g/mol. The smallest absolute Gasteiger partial charge is 0.332 e. The topological polar surface area (TPSA) is 70.0 Å². The molecule has 206 valence electrons. The highest BCUT2D eigenvalue weighted by Gasteiger charge is 2.31. The van der Waals surface area contributed by atoms with Crippen molar-refractivity contribution in [2.24, 2.45) is 0 Å². The van der Waals surface area contributed by atoms with Crippen molar-refractivity contribution in [1.82, 2.24) is 19.2 Å². The highest BCUT2D eigenvalue weighted by Crippen LogP contribution is 2.33. The molecule has 0 unspecified atom stereocenters. The molecule has 4 aromatic rings. The summed E-state index contributed by atoms with van der Waals surface area (Å²) in [6.07, 6.45) is 2.71. The van der Waals surface area contributed by atoms with Crippen molar-refractivity contribution >= 4 is 40.1 Å². The number of nitrogens with zero attached hydrogens (tertiary/aromatic N) is 4. The summed E-state index contributed by atoms with van der Waals surface area (Å²) in [6, 6.07) is 8.54. The average Bonchev–Trinajstić information content (AvgIpc) is 3.56. The SMILES string of the molecule is CN1CC=C(c2ccc3ncc(C(=O)N4CCc5c(C(=O)Nc6cccc(C(F)(F)F)c6)csc5C4)n3c2)CC1. The summed E-state index contributed by atoms with van der Waals surface area (Å²) in [5.41, 5.74) is 4.01. The summed E-state index contributed by atoms with van der Waals surface area (Å²) < 4.78 is 41.0. The zero-order valence-corrected chi connectivity index (χ0v) is 22.5. The van der Waals surface area contributed by atoms with Crippen molar-refractivity contribution in [3.8, 4) is 0 Å². The molecule has 3 aromatic heterocycles. The molecule has 2 amide bonds. The molecule has 1 N–H and O–H groups in total. The molecule has 0 saturated carbocycles. The van der Waals surface area contributed by atoms with Crippen LogP contribution in [0.3, 0.4) is 0 Å². The zero-order valence-electron chi connectivity index (χ0n) is 21.7. The van der Waals surface area contributed by atoms with Gasteiger partial charge < -0.3 is 15.1 Å². The third-order valence-electron chi connectivity index (χ3n) is 7.43. The predicted octanol–water partition coefficient (Wildman–Crippen LogP) is 5.58. The van der Waals surface area contributed by atoms with Crippen LogP contribution < -0.4 is 5.32 Å². The van der Waals surface area contributed by atoms with Crippen LogP contribution in [0, 0.1) is 0 Å². The van der Waals surface area contributed by atoms with E-state index in [0.29, 0.717) is 36.4 Å². The molecule has 0 atom stereocenters. The van der Waals surface area contributed by atoms with E-state index in [2.05, 4.69) is 28.3 Å². The number of halogens is 3. The molecular formula is C29H26F3N5O2S. The van der Waals surface area contributed by atoms with Gasteiger partial charge >= 0.3 is 6.18 Å². The van der Waals surface area contributed by atoms with Crippen molar-refractivity contribution in [2.75, 3.05) is 32.0 Å². The number of nitrogens with one attached hydrogen (secondary N) is 1. The van der Waals surface area contributed by atoms with Crippen LogP contribution in [-0.4, -0.2) is 57.7 Å². The Kier molecular flexibility index (Phi) is 6.71. The number of carbonyl (C=O) groups excluding carboxylic acids is 2. The van der Waals surface area contributed by atoms with E-state index in [1.807, 2.05) is 22.7 Å². The number of likely N-dealkylation sites (N-methyl/N-ethyl adjacent to an activating group) is 1. The van der Waals surface area contributed by atoms with E-state index in [1.165, 1.54) is 29.0 Å². The molecule has 1 aromatic carbocycles. The maximum atomic E-state index is 13.6. The normalized spacial score (nSPS) is 16.1. The number of imidazole rings is 1. The lowest BCUT2D eigenvalue weighted by Crippen LogP contribution is -2.36. The Morgan fingerprint density at radius 2 is 1.95 bits per heavy atom. The van der Waals surface area contributed by atoms with Crippen molar-refractivity contribution in [3.05, 3.63) is 93.1 Å². The minimum absolute atomic E-state index is 0.0791. The van der Waals surface area contributed by atoms with Crippen LogP contribution in [0.15, 0.2) is 60.2 Å². The fourth-order valence-corrected chi connectivity index (χ4v) is 6.28. The van der Waals surface area contributed by atoms with Gasteiger partial charge in [0, 0.05) is 41.8 Å². The Morgan fingerprint density at radius 1 is 1.10 bits per heavy atom. The third kappa shape index (κ3) is 5.02. The van der Waals surface area contributed by atoms with Gasteiger partial charge in [-0.3, -0.25) is 14.0 Å². The number of thiophene rings is 1. The highest BCUT2D eigenvalue weighted by molar-refractivity contribution is 7.10. The number of rotatable bonds is 4. The van der Waals surface area contributed by atoms with Gasteiger partial charge in [-0.25, -0.2) is 4.98 Å². The molecule has 0 saturated heterocycles. The first-order valence-electron chi connectivity index (χ1n) is 12.9. The van der Waals surface area contributed by atoms with Gasteiger partial charge in [0.1, 0.15) is 11.3 Å². The summed E-state index contributed by atoms with van der Waals surface area (Å²) in [7, 11) is 2.09. The number of hydrogen-bond acceptors (Lipinski definition) is 5. The molecule has 7 nitrogen and oxygen atoms in total. The number of anilines is 1. The van der Waals surface area contributed by atoms with E-state index in [4.69, 9.17) is 0 Å². The van der Waals surface area contributed by atoms with Gasteiger partial charge in [-0.1, -0.05) is 12.1 Å². The number of alkyl halides is 3. The lowest BCUT2D eigenvalue weighted by Gasteiger charge is -2.27. The van der Waals surface area contributed by atoms with Crippen LogP contribution in [0.25, 0.3) is 11.2 Å². The largest absolute Gasteiger partial charge is 0.416 e. The molecule has 2 aliphatic heterocycles. The molecule has 0 fully saturated rings. The van der Waals surface area contributed by atoms with Crippen LogP contribution in [0.2, 0.25) is 0 Å². The first-order chi connectivity index (χ1) is 19.2. The Hall–Kier alpha value is -3.96. The van der Waals surface area contributed by atoms with Crippen LogP contribution in [0.5, 0.6) is 0 Å². The Morgan fingerprint density at radius 3 is 2.73 bits per heavy atom. The molecule has 0 radical (unpaired) electrons. The van der Waals surface area contributed by atoms with E-state index in [9.17, 15) is 22.8 Å². The second kappa shape index (κ2) is 10.2. The Labute approximate surface area is 232 Å². The molecule has 6 rings (SSSR count). The van der Waals surface area contributed by atoms with Gasteiger partial charge in [0.15, 0.2) is 0 Å². The highest BCUT2D eigenvalue weighted by atomic mass is 32.1. The van der Waals surface area contributed by atoms with Gasteiger partial charge in [-0.15, -0.1) is 11.3 Å². The van der Waals surface area contributed by atoms with E-state index in [1.54, 1.807) is 16.5 Å². The number of aromatic nitrogens is 2. The molecular weight excluding hydrogens is 539 g/mol. The summed E-state index contributed by atoms with van der Waals surface area (Å²) in [5, 5.41) is 4.29. The number of carbonyl (C=O) groups is 2. The summed E-state index contributed by atoms with van der Waals surface area (Å²) in [6.45, 7) is 2.63. The molecule has 0 bridgehead atoms. The quantitative estimate of drug-likeness (QED) is 0.351. The van der Waals surface area contributed by atoms with Gasteiger partial charge in [0.05, 0.1) is 23.9 Å². The van der Waals surface area contributed by atoms with Crippen LogP contribution >= 0.6 is 11.3 Å². The molecule has 40 heavy (non-hydrogen) atoms. The number of benzene rings is 1. The van der Waals surface area contributed by atoms with Crippen molar-refractivity contribution in [2.45, 2.75) is 25.6 Å². The standard InChI is InChI=1S/C29H26F3N5O2S/c1-35-10-7-18(8-11-35)19-5-6-26-33-14-24(37(26)15-19)28(39)36-12-9-22-23(17-40-25(22)16-36)27(38)34-21-4-2-3-20(13-21)29(30,31)32/h2-7,13-15,17H,8-12,16H2,1H3,(H,34,38). The number of amides is 2. The van der Waals surface area contributed by atoms with Crippen molar-refractivity contribution in [3.63, 3.8) is 0 Å². The molecule has 2 aliphatic rings. The maximum absolute atomic E-state index is 13.6. The second-order valence-corrected chi connectivity index (χ2v) is 11.1. The number of pyridine rings is 1. The third-order valence-corrected chi connectivity index (χ3v) is 8.45. The average molecular weight is 566 g/mol. The molecule has 0 spiro atoms. The van der Waals surface area contributed by atoms with Gasteiger partial charge in [0.2, 0.25) is 0 Å². The van der Waals surface area contributed by atoms with Gasteiger partial charge in [0.25, 0.3) is 11.8 Å². The predicted molar refractivity (Wildman–Crippen MR) is 147 cm³/mol. The minimum Gasteiger partial charge on any atom is -0.332 e. The second-order valence-electron chi connectivity index (χ2n) is 10.1. The van der Waals surface area contributed by atoms with E-state index >= 15 is 0 Å². The van der Waals surface area contributed by atoms with E-state index in [-0.39, 0.29) is 11.6 Å². The van der Waals surface area contributed by atoms with Crippen molar-refractivity contribution in [1.29, 1.82) is 0 Å². The van der Waals surface area contributed by atoms with Crippen molar-refractivity contribution < 1.29 is 22.8 Å². The first-order valence-corrected chi connectivity index (χ1v) is 13.8. The summed E-state index contributed by atoms with van der Waals surface area (Å²) in [4.78, 5) is 35.9. The van der Waals surface area contributed by atoms with Crippen LogP contribution in [0.1, 0.15) is 48.8 Å². The Bertz CT molecular complexity index is 1650. The summed E-state index contributed by atoms with van der Waals surface area (Å²) >= 11 is 1.37. The number of fused-ring (bicyclic) bond motifs is 2. The Balaban J connectivity index is 1.19. The minimum atomic E-state index is -4.50. The molecule has 11 heteroatoms. The fourth-order valence-electron chi connectivity index (χ4n) is 5.19. The first kappa shape index (κ1) is 26.3. The van der Waals surface area contributed by atoms with E-state index < -0.39 is 17.6 Å². The number of hydrogen-bond donors (Lipinski definition) is 1. The fraction of sp³-hybridized carbons (Fsp3) is 0.276. The maximum Gasteiger partial charge on any atom is 0.416 e. The summed E-state index contributed by atoms with van der Waals surface area (Å²) in [5.74, 6) is -0.606. The van der Waals surface area contributed by atoms with E-state index in [0.717, 1.165) is 47.6 Å². The lowest BCUT2D eigenvalue weighted by atomic mass is 10.0. The van der Waals surface area contributed by atoms with Gasteiger partial charge in [-0.2, -0.15) is 13.2 Å².